The molecule has 3 N–H and O–H groups in total. The summed E-state index contributed by atoms with van der Waals surface area (Å²) in [6.07, 6.45) is 6.88. The number of nitrogens with two attached hydrogens (primary N) is 1. The standard InChI is InChI=1S/C27H37N9O2S/c28-26-30-15-19(16-31-26)24-32-22-13-21(39-23(22)25(33-24)36-9-11-37-12-10-36)17-34-5-7-35(8-6-34)20-14-27(38-18-20)1-3-29-4-2-27/h13,15-16,20,29H,1-12,14,17-18H2,(H2,28,30,31). The molecule has 1 spiro atoms. The maximum absolute atomic E-state index is 6.38. The van der Waals surface area contributed by atoms with Crippen LogP contribution in [0.1, 0.15) is 24.1 Å². The van der Waals surface area contributed by atoms with Crippen molar-refractivity contribution in [1.29, 1.82) is 0 Å². The largest absolute Gasteiger partial charge is 0.378 e. The molecule has 4 aliphatic rings. The van der Waals surface area contributed by atoms with Gasteiger partial charge in [0.2, 0.25) is 5.95 Å². The Morgan fingerprint density at radius 1 is 1.03 bits per heavy atom. The number of hydrogen-bond acceptors (Lipinski definition) is 12. The SMILES string of the molecule is Nc1ncc(-c2nc(N3CCOCC3)c3sc(CN4CCN(C5COC6(CCNCC6)C5)CC4)cc3n2)cn1. The third-order valence-corrected chi connectivity index (χ3v) is 9.76. The Balaban J connectivity index is 1.06. The minimum atomic E-state index is 0.126. The molecule has 4 aliphatic heterocycles. The molecule has 0 saturated carbocycles. The van der Waals surface area contributed by atoms with Crippen LogP contribution in [0, 0.1) is 0 Å². The van der Waals surface area contributed by atoms with Crippen LogP contribution in [0.5, 0.6) is 0 Å². The summed E-state index contributed by atoms with van der Waals surface area (Å²) in [5.41, 5.74) is 7.59. The molecule has 0 aromatic carbocycles. The van der Waals surface area contributed by atoms with Crippen LogP contribution >= 0.6 is 11.3 Å². The zero-order chi connectivity index (χ0) is 26.2. The molecule has 4 saturated heterocycles. The smallest absolute Gasteiger partial charge is 0.219 e. The first-order valence-electron chi connectivity index (χ1n) is 14.2. The molecule has 3 aromatic heterocycles. The summed E-state index contributed by atoms with van der Waals surface area (Å²) in [5, 5.41) is 3.48. The molecule has 208 valence electrons. The fraction of sp³-hybridized carbons (Fsp3) is 0.630. The third kappa shape index (κ3) is 5.33. The molecule has 3 aromatic rings. The lowest BCUT2D eigenvalue weighted by molar-refractivity contribution is -0.0206. The van der Waals surface area contributed by atoms with E-state index >= 15 is 0 Å². The normalized spacial score (nSPS) is 24.6. The summed E-state index contributed by atoms with van der Waals surface area (Å²) in [6.45, 7) is 11.4. The number of rotatable bonds is 5. The van der Waals surface area contributed by atoms with Gasteiger partial charge in [0, 0.05) is 69.1 Å². The minimum absolute atomic E-state index is 0.126. The van der Waals surface area contributed by atoms with Crippen LogP contribution in [-0.4, -0.2) is 114 Å². The van der Waals surface area contributed by atoms with Crippen molar-refractivity contribution in [3.63, 3.8) is 0 Å². The second-order valence-electron chi connectivity index (χ2n) is 11.1. The summed E-state index contributed by atoms with van der Waals surface area (Å²) in [5.74, 6) is 1.86. The molecule has 11 nitrogen and oxygen atoms in total. The summed E-state index contributed by atoms with van der Waals surface area (Å²) in [4.78, 5) is 27.1. The number of ether oxygens (including phenoxy) is 2. The zero-order valence-electron chi connectivity index (χ0n) is 22.3. The van der Waals surface area contributed by atoms with E-state index in [4.69, 9.17) is 25.2 Å². The Morgan fingerprint density at radius 3 is 2.56 bits per heavy atom. The number of thiophene rings is 1. The monoisotopic (exact) mass is 551 g/mol. The first-order chi connectivity index (χ1) is 19.1. The third-order valence-electron chi connectivity index (χ3n) is 8.65. The molecule has 12 heteroatoms. The fourth-order valence-corrected chi connectivity index (χ4v) is 7.56. The lowest BCUT2D eigenvalue weighted by Gasteiger charge is -2.38. The summed E-state index contributed by atoms with van der Waals surface area (Å²) >= 11 is 1.82. The van der Waals surface area contributed by atoms with E-state index < -0.39 is 0 Å². The molecule has 0 amide bonds. The summed E-state index contributed by atoms with van der Waals surface area (Å²) in [6, 6.07) is 2.81. The van der Waals surface area contributed by atoms with E-state index in [1.54, 1.807) is 12.4 Å². The lowest BCUT2D eigenvalue weighted by Crippen LogP contribution is -2.50. The number of aromatic nitrogens is 4. The van der Waals surface area contributed by atoms with Crippen molar-refractivity contribution >= 4 is 33.3 Å². The summed E-state index contributed by atoms with van der Waals surface area (Å²) < 4.78 is 13.1. The number of hydrogen-bond donors (Lipinski definition) is 2. The number of anilines is 2. The highest BCUT2D eigenvalue weighted by Gasteiger charge is 2.43. The van der Waals surface area contributed by atoms with Crippen LogP contribution in [0.15, 0.2) is 18.5 Å². The van der Waals surface area contributed by atoms with E-state index in [-0.39, 0.29) is 11.5 Å². The van der Waals surface area contributed by atoms with Gasteiger partial charge in [0.1, 0.15) is 0 Å². The van der Waals surface area contributed by atoms with Gasteiger partial charge in [-0.05, 0) is 38.4 Å². The van der Waals surface area contributed by atoms with Crippen LogP contribution in [0.3, 0.4) is 0 Å². The molecule has 1 atom stereocenters. The first kappa shape index (κ1) is 25.5. The number of morpholine rings is 1. The molecule has 7 heterocycles. The molecule has 4 fully saturated rings. The van der Waals surface area contributed by atoms with Gasteiger partial charge in [-0.25, -0.2) is 19.9 Å². The number of nitrogens with zero attached hydrogens (tertiary/aromatic N) is 7. The molecular formula is C27H37N9O2S. The van der Waals surface area contributed by atoms with Gasteiger partial charge in [0.15, 0.2) is 11.6 Å². The van der Waals surface area contributed by atoms with Gasteiger partial charge in [-0.1, -0.05) is 0 Å². The molecule has 0 aliphatic carbocycles. The van der Waals surface area contributed by atoms with Crippen LogP contribution in [0.2, 0.25) is 0 Å². The number of fused-ring (bicyclic) bond motifs is 1. The Hall–Kier alpha value is -2.48. The molecule has 0 radical (unpaired) electrons. The quantitative estimate of drug-likeness (QED) is 0.481. The van der Waals surface area contributed by atoms with Crippen molar-refractivity contribution in [2.75, 3.05) is 82.8 Å². The average Bonchev–Trinajstić information content (AvgIpc) is 3.58. The zero-order valence-corrected chi connectivity index (χ0v) is 23.2. The average molecular weight is 552 g/mol. The van der Waals surface area contributed by atoms with Gasteiger partial charge in [-0.2, -0.15) is 0 Å². The van der Waals surface area contributed by atoms with Gasteiger partial charge in [0.25, 0.3) is 0 Å². The second kappa shape index (κ2) is 10.8. The van der Waals surface area contributed by atoms with E-state index in [9.17, 15) is 0 Å². The van der Waals surface area contributed by atoms with Crippen molar-refractivity contribution < 1.29 is 9.47 Å². The Labute approximate surface area is 232 Å². The van der Waals surface area contributed by atoms with Crippen LogP contribution in [0.25, 0.3) is 21.6 Å². The van der Waals surface area contributed by atoms with Gasteiger partial charge < -0.3 is 25.4 Å². The number of nitrogen functional groups attached to an aromatic ring is 1. The Morgan fingerprint density at radius 2 is 1.79 bits per heavy atom. The van der Waals surface area contributed by atoms with Crippen molar-refractivity contribution in [3.05, 3.63) is 23.3 Å². The van der Waals surface area contributed by atoms with Gasteiger partial charge >= 0.3 is 0 Å². The molecule has 1 unspecified atom stereocenters. The van der Waals surface area contributed by atoms with Crippen molar-refractivity contribution in [3.8, 4) is 11.4 Å². The van der Waals surface area contributed by atoms with Crippen molar-refractivity contribution in [2.24, 2.45) is 0 Å². The molecule has 0 bridgehead atoms. The van der Waals surface area contributed by atoms with Crippen LogP contribution < -0.4 is 16.0 Å². The topological polar surface area (TPSA) is 118 Å². The number of nitrogens with one attached hydrogen (secondary N) is 1. The van der Waals surface area contributed by atoms with E-state index in [1.807, 2.05) is 11.3 Å². The van der Waals surface area contributed by atoms with Crippen molar-refractivity contribution in [1.82, 2.24) is 35.1 Å². The Kier molecular flexibility index (Phi) is 7.08. The van der Waals surface area contributed by atoms with E-state index in [2.05, 4.69) is 36.1 Å². The maximum Gasteiger partial charge on any atom is 0.219 e. The highest BCUT2D eigenvalue weighted by Crippen LogP contribution is 2.37. The first-order valence-corrected chi connectivity index (χ1v) is 15.0. The fourth-order valence-electron chi connectivity index (χ4n) is 6.41. The molecule has 39 heavy (non-hydrogen) atoms. The van der Waals surface area contributed by atoms with Gasteiger partial charge in [-0.3, -0.25) is 9.80 Å². The molecule has 7 rings (SSSR count). The predicted molar refractivity (Wildman–Crippen MR) is 152 cm³/mol. The minimum Gasteiger partial charge on any atom is -0.378 e. The summed E-state index contributed by atoms with van der Waals surface area (Å²) in [7, 11) is 0. The number of piperidine rings is 1. The van der Waals surface area contributed by atoms with Crippen LogP contribution in [-0.2, 0) is 16.0 Å². The second-order valence-corrected chi connectivity index (χ2v) is 12.3. The van der Waals surface area contributed by atoms with E-state index in [0.29, 0.717) is 25.1 Å². The van der Waals surface area contributed by atoms with E-state index in [0.717, 1.165) is 99.9 Å². The lowest BCUT2D eigenvalue weighted by atomic mass is 9.88. The Bertz CT molecular complexity index is 1280. The van der Waals surface area contributed by atoms with Crippen LogP contribution in [0.4, 0.5) is 11.8 Å². The van der Waals surface area contributed by atoms with Gasteiger partial charge in [-0.15, -0.1) is 11.3 Å². The van der Waals surface area contributed by atoms with Gasteiger partial charge in [0.05, 0.1) is 41.2 Å². The highest BCUT2D eigenvalue weighted by molar-refractivity contribution is 7.19. The number of piperazine rings is 1. The highest BCUT2D eigenvalue weighted by atomic mass is 32.1. The molecular weight excluding hydrogens is 514 g/mol. The van der Waals surface area contributed by atoms with E-state index in [1.165, 1.54) is 11.3 Å². The maximum atomic E-state index is 6.38. The predicted octanol–water partition coefficient (Wildman–Crippen LogP) is 1.60. The van der Waals surface area contributed by atoms with Crippen molar-refractivity contribution in [2.45, 2.75) is 37.5 Å².